The van der Waals surface area contributed by atoms with E-state index in [9.17, 15) is 5.11 Å². The number of nitrogens with zero attached hydrogens (tertiary/aromatic N) is 1. The van der Waals surface area contributed by atoms with Gasteiger partial charge in [0.05, 0.1) is 0 Å². The van der Waals surface area contributed by atoms with Crippen LogP contribution in [0.15, 0.2) is 48.8 Å². The number of benzene rings is 1. The van der Waals surface area contributed by atoms with Crippen LogP contribution < -0.4 is 0 Å². The van der Waals surface area contributed by atoms with Crippen LogP contribution in [0.5, 0.6) is 5.75 Å². The predicted molar refractivity (Wildman–Crippen MR) is 59.8 cm³/mol. The average molecular weight is 199 g/mol. The lowest BCUT2D eigenvalue weighted by Gasteiger charge is -2.01. The van der Waals surface area contributed by atoms with Gasteiger partial charge in [-0.05, 0) is 42.2 Å². The number of aromatic nitrogens is 1. The summed E-state index contributed by atoms with van der Waals surface area (Å²) < 4.78 is 0. The molecular weight excluding hydrogens is 186 g/mol. The molecule has 0 fully saturated rings. The zero-order chi connectivity index (χ0) is 10.5. The fraction of sp³-hybridized carbons (Fsp3) is 0.154. The van der Waals surface area contributed by atoms with E-state index in [2.05, 4.69) is 11.1 Å². The van der Waals surface area contributed by atoms with Crippen molar-refractivity contribution >= 4 is 0 Å². The Morgan fingerprint density at radius 2 is 1.80 bits per heavy atom. The van der Waals surface area contributed by atoms with Gasteiger partial charge in [-0.1, -0.05) is 18.2 Å². The molecular formula is C13H13NO. The summed E-state index contributed by atoms with van der Waals surface area (Å²) >= 11 is 0. The fourth-order valence-corrected chi connectivity index (χ4v) is 1.55. The van der Waals surface area contributed by atoms with Gasteiger partial charge in [0.2, 0.25) is 0 Å². The maximum atomic E-state index is 9.30. The molecule has 76 valence electrons. The third-order valence-electron chi connectivity index (χ3n) is 2.34. The first kappa shape index (κ1) is 9.71. The minimum Gasteiger partial charge on any atom is -0.508 e. The lowest BCUT2D eigenvalue weighted by atomic mass is 10.1. The Hall–Kier alpha value is -1.83. The summed E-state index contributed by atoms with van der Waals surface area (Å²) in [5, 5.41) is 9.30. The zero-order valence-electron chi connectivity index (χ0n) is 8.43. The number of phenols is 1. The molecule has 1 N–H and O–H groups in total. The van der Waals surface area contributed by atoms with Crippen molar-refractivity contribution in [3.8, 4) is 5.75 Å². The highest BCUT2D eigenvalue weighted by atomic mass is 16.3. The summed E-state index contributed by atoms with van der Waals surface area (Å²) in [5.74, 6) is 0.332. The molecule has 1 aromatic carbocycles. The van der Waals surface area contributed by atoms with Crippen molar-refractivity contribution < 1.29 is 5.11 Å². The van der Waals surface area contributed by atoms with Crippen LogP contribution in [-0.4, -0.2) is 10.1 Å². The van der Waals surface area contributed by atoms with Crippen LogP contribution in [0.2, 0.25) is 0 Å². The molecule has 0 unspecified atom stereocenters. The van der Waals surface area contributed by atoms with Crippen LogP contribution in [0.1, 0.15) is 11.1 Å². The maximum absolute atomic E-state index is 9.30. The van der Waals surface area contributed by atoms with Crippen LogP contribution in [-0.2, 0) is 12.8 Å². The molecule has 0 radical (unpaired) electrons. The molecule has 0 saturated heterocycles. The third-order valence-corrected chi connectivity index (χ3v) is 2.34. The van der Waals surface area contributed by atoms with Crippen molar-refractivity contribution in [3.05, 3.63) is 59.9 Å². The van der Waals surface area contributed by atoms with Crippen LogP contribution >= 0.6 is 0 Å². The Morgan fingerprint density at radius 1 is 1.00 bits per heavy atom. The molecule has 2 aromatic rings. The Bertz CT molecular complexity index is 426. The molecule has 15 heavy (non-hydrogen) atoms. The third kappa shape index (κ3) is 2.81. The van der Waals surface area contributed by atoms with Gasteiger partial charge in [0.15, 0.2) is 0 Å². The number of aromatic hydroxyl groups is 1. The first-order valence-corrected chi connectivity index (χ1v) is 5.01. The zero-order valence-corrected chi connectivity index (χ0v) is 8.43. The van der Waals surface area contributed by atoms with Crippen molar-refractivity contribution in [3.63, 3.8) is 0 Å². The van der Waals surface area contributed by atoms with Crippen molar-refractivity contribution in [2.45, 2.75) is 12.8 Å². The number of rotatable bonds is 3. The van der Waals surface area contributed by atoms with Crippen molar-refractivity contribution in [1.29, 1.82) is 0 Å². The minimum atomic E-state index is 0.332. The highest BCUT2D eigenvalue weighted by Crippen LogP contribution is 2.13. The molecule has 0 saturated carbocycles. The van der Waals surface area contributed by atoms with Gasteiger partial charge >= 0.3 is 0 Å². The summed E-state index contributed by atoms with van der Waals surface area (Å²) in [5.41, 5.74) is 2.37. The number of pyridine rings is 1. The molecule has 0 amide bonds. The van der Waals surface area contributed by atoms with Gasteiger partial charge < -0.3 is 5.11 Å². The summed E-state index contributed by atoms with van der Waals surface area (Å²) in [6.07, 6.45) is 5.54. The van der Waals surface area contributed by atoms with Gasteiger partial charge in [-0.3, -0.25) is 4.98 Å². The Morgan fingerprint density at radius 3 is 2.53 bits per heavy atom. The molecule has 2 rings (SSSR count). The largest absolute Gasteiger partial charge is 0.508 e. The summed E-state index contributed by atoms with van der Waals surface area (Å²) in [4.78, 5) is 4.07. The average Bonchev–Trinajstić information content (AvgIpc) is 2.28. The van der Waals surface area contributed by atoms with Gasteiger partial charge in [-0.25, -0.2) is 0 Å². The molecule has 1 heterocycles. The lowest BCUT2D eigenvalue weighted by Crippen LogP contribution is -1.91. The quantitative estimate of drug-likeness (QED) is 0.824. The van der Waals surface area contributed by atoms with E-state index in [0.717, 1.165) is 18.4 Å². The van der Waals surface area contributed by atoms with Crippen molar-refractivity contribution in [2.24, 2.45) is 0 Å². The molecule has 0 atom stereocenters. The lowest BCUT2D eigenvalue weighted by molar-refractivity contribution is 0.474. The van der Waals surface area contributed by atoms with E-state index >= 15 is 0 Å². The van der Waals surface area contributed by atoms with Crippen LogP contribution in [0.4, 0.5) is 0 Å². The van der Waals surface area contributed by atoms with E-state index in [4.69, 9.17) is 0 Å². The van der Waals surface area contributed by atoms with Crippen molar-refractivity contribution in [2.75, 3.05) is 0 Å². The molecule has 2 nitrogen and oxygen atoms in total. The summed E-state index contributed by atoms with van der Waals surface area (Å²) in [7, 11) is 0. The van der Waals surface area contributed by atoms with E-state index in [1.165, 1.54) is 5.56 Å². The number of hydrogen-bond acceptors (Lipinski definition) is 2. The highest BCUT2D eigenvalue weighted by Gasteiger charge is 1.96. The second-order valence-electron chi connectivity index (χ2n) is 3.53. The highest BCUT2D eigenvalue weighted by molar-refractivity contribution is 5.27. The molecule has 0 aliphatic carbocycles. The van der Waals surface area contributed by atoms with E-state index in [-0.39, 0.29) is 0 Å². The molecule has 1 aromatic heterocycles. The molecule has 2 heteroatoms. The van der Waals surface area contributed by atoms with Gasteiger partial charge in [0.25, 0.3) is 0 Å². The predicted octanol–water partition coefficient (Wildman–Crippen LogP) is 2.57. The Labute approximate surface area is 89.2 Å². The van der Waals surface area contributed by atoms with Crippen LogP contribution in [0.3, 0.4) is 0 Å². The standard InChI is InChI=1S/C13H13NO/c15-13-5-1-3-11(9-13)6-7-12-4-2-8-14-10-12/h1-5,8-10,15H,6-7H2. The Kier molecular flexibility index (Phi) is 2.98. The van der Waals surface area contributed by atoms with Crippen LogP contribution in [0.25, 0.3) is 0 Å². The van der Waals surface area contributed by atoms with Gasteiger partial charge in [-0.2, -0.15) is 0 Å². The van der Waals surface area contributed by atoms with E-state index in [1.54, 1.807) is 18.3 Å². The normalized spacial score (nSPS) is 10.1. The molecule has 0 aliphatic rings. The maximum Gasteiger partial charge on any atom is 0.115 e. The van der Waals surface area contributed by atoms with Gasteiger partial charge in [0.1, 0.15) is 5.75 Å². The summed E-state index contributed by atoms with van der Waals surface area (Å²) in [6.45, 7) is 0. The summed E-state index contributed by atoms with van der Waals surface area (Å²) in [6, 6.07) is 11.4. The SMILES string of the molecule is Oc1cccc(CCc2cccnc2)c1. The second-order valence-corrected chi connectivity index (χ2v) is 3.53. The van der Waals surface area contributed by atoms with E-state index in [0.29, 0.717) is 5.75 Å². The topological polar surface area (TPSA) is 33.1 Å². The number of phenolic OH excluding ortho intramolecular Hbond substituents is 1. The smallest absolute Gasteiger partial charge is 0.115 e. The van der Waals surface area contributed by atoms with E-state index < -0.39 is 0 Å². The first-order valence-electron chi connectivity index (χ1n) is 5.01. The number of hydrogen-bond donors (Lipinski definition) is 1. The van der Waals surface area contributed by atoms with Gasteiger partial charge in [-0.15, -0.1) is 0 Å². The Balaban J connectivity index is 1.99. The molecule has 0 spiro atoms. The van der Waals surface area contributed by atoms with Crippen molar-refractivity contribution in [1.82, 2.24) is 4.98 Å². The second kappa shape index (κ2) is 4.60. The van der Waals surface area contributed by atoms with E-state index in [1.807, 2.05) is 24.4 Å². The monoisotopic (exact) mass is 199 g/mol. The molecule has 0 aliphatic heterocycles. The fourth-order valence-electron chi connectivity index (χ4n) is 1.55. The van der Waals surface area contributed by atoms with Gasteiger partial charge in [0, 0.05) is 12.4 Å². The first-order chi connectivity index (χ1) is 7.34. The minimum absolute atomic E-state index is 0.332. The molecule has 0 bridgehead atoms. The van der Waals surface area contributed by atoms with Crippen LogP contribution in [0, 0.1) is 0 Å². The number of aryl methyl sites for hydroxylation is 2.